The zero-order valence-electron chi connectivity index (χ0n) is 12.4. The van der Waals surface area contributed by atoms with E-state index in [0.29, 0.717) is 13.0 Å². The van der Waals surface area contributed by atoms with Crippen LogP contribution in [0.1, 0.15) is 24.5 Å². The Hall–Kier alpha value is -1.54. The summed E-state index contributed by atoms with van der Waals surface area (Å²) in [6.45, 7) is 2.85. The highest BCUT2D eigenvalue weighted by Crippen LogP contribution is 2.21. The molecule has 0 amide bonds. The fraction of sp³-hybridized carbons (Fsp3) is 0.500. The molecule has 1 atom stereocenters. The first-order valence-electron chi connectivity index (χ1n) is 6.70. The van der Waals surface area contributed by atoms with E-state index in [1.807, 2.05) is 32.2 Å². The van der Waals surface area contributed by atoms with Crippen molar-refractivity contribution in [1.82, 2.24) is 4.90 Å². The number of likely N-dealkylation sites (N-methyl/N-ethyl adjacent to an activating group) is 1. The van der Waals surface area contributed by atoms with Gasteiger partial charge in [0.05, 0.1) is 20.3 Å². The van der Waals surface area contributed by atoms with Gasteiger partial charge in [-0.3, -0.25) is 4.90 Å². The standard InChI is InChI=1S/C16H23NO3/c1-13(12-19)17(2)11-15-10-14(6-4-5-9-18)7-8-16(15)20-3/h7-8,10,13,18-19H,5,9,11-12H2,1-3H3. The summed E-state index contributed by atoms with van der Waals surface area (Å²) in [5, 5.41) is 17.9. The highest BCUT2D eigenvalue weighted by Gasteiger charge is 2.11. The van der Waals surface area contributed by atoms with Crippen molar-refractivity contribution in [2.24, 2.45) is 0 Å². The normalized spacial score (nSPS) is 11.9. The van der Waals surface area contributed by atoms with Crippen LogP contribution >= 0.6 is 0 Å². The SMILES string of the molecule is COc1ccc(C#CCCO)cc1CN(C)C(C)CO. The number of nitrogens with zero attached hydrogens (tertiary/aromatic N) is 1. The molecule has 0 bridgehead atoms. The van der Waals surface area contributed by atoms with Crippen LogP contribution in [-0.2, 0) is 6.54 Å². The van der Waals surface area contributed by atoms with Crippen LogP contribution in [-0.4, -0.2) is 48.5 Å². The molecule has 1 aromatic carbocycles. The fourth-order valence-electron chi connectivity index (χ4n) is 1.76. The summed E-state index contributed by atoms with van der Waals surface area (Å²) in [6.07, 6.45) is 0.475. The highest BCUT2D eigenvalue weighted by molar-refractivity contribution is 5.44. The molecule has 1 aromatic rings. The van der Waals surface area contributed by atoms with E-state index in [4.69, 9.17) is 9.84 Å². The zero-order valence-corrected chi connectivity index (χ0v) is 12.4. The Bertz CT molecular complexity index is 476. The van der Waals surface area contributed by atoms with E-state index >= 15 is 0 Å². The average Bonchev–Trinajstić information content (AvgIpc) is 2.47. The number of rotatable bonds is 6. The predicted molar refractivity (Wildman–Crippen MR) is 79.6 cm³/mol. The van der Waals surface area contributed by atoms with Gasteiger partial charge in [-0.2, -0.15) is 0 Å². The van der Waals surface area contributed by atoms with E-state index in [1.54, 1.807) is 7.11 Å². The van der Waals surface area contributed by atoms with Gasteiger partial charge in [0.2, 0.25) is 0 Å². The van der Waals surface area contributed by atoms with Crippen LogP contribution in [0.3, 0.4) is 0 Å². The predicted octanol–water partition coefficient (Wildman–Crippen LogP) is 1.24. The van der Waals surface area contributed by atoms with Crippen molar-refractivity contribution in [1.29, 1.82) is 0 Å². The van der Waals surface area contributed by atoms with Gasteiger partial charge in [-0.1, -0.05) is 11.8 Å². The number of hydrogen-bond acceptors (Lipinski definition) is 4. The lowest BCUT2D eigenvalue weighted by Gasteiger charge is -2.23. The van der Waals surface area contributed by atoms with Crippen molar-refractivity contribution in [3.8, 4) is 17.6 Å². The topological polar surface area (TPSA) is 52.9 Å². The zero-order chi connectivity index (χ0) is 15.0. The third kappa shape index (κ3) is 4.86. The van der Waals surface area contributed by atoms with Crippen LogP contribution in [0.25, 0.3) is 0 Å². The molecule has 0 aromatic heterocycles. The van der Waals surface area contributed by atoms with E-state index in [2.05, 4.69) is 16.7 Å². The monoisotopic (exact) mass is 277 g/mol. The molecule has 0 saturated heterocycles. The maximum Gasteiger partial charge on any atom is 0.123 e. The third-order valence-electron chi connectivity index (χ3n) is 3.19. The molecular weight excluding hydrogens is 254 g/mol. The van der Waals surface area contributed by atoms with E-state index in [0.717, 1.165) is 16.9 Å². The second-order valence-corrected chi connectivity index (χ2v) is 4.75. The quantitative estimate of drug-likeness (QED) is 0.768. The largest absolute Gasteiger partial charge is 0.496 e. The minimum Gasteiger partial charge on any atom is -0.496 e. The van der Waals surface area contributed by atoms with Gasteiger partial charge in [0.1, 0.15) is 5.75 Å². The van der Waals surface area contributed by atoms with Crippen LogP contribution < -0.4 is 4.74 Å². The fourth-order valence-corrected chi connectivity index (χ4v) is 1.76. The van der Waals surface area contributed by atoms with Crippen LogP contribution in [0, 0.1) is 11.8 Å². The Morgan fingerprint density at radius 3 is 2.70 bits per heavy atom. The van der Waals surface area contributed by atoms with Crippen LogP contribution in [0.2, 0.25) is 0 Å². The minimum atomic E-state index is 0.0762. The van der Waals surface area contributed by atoms with Crippen molar-refractivity contribution in [3.05, 3.63) is 29.3 Å². The highest BCUT2D eigenvalue weighted by atomic mass is 16.5. The van der Waals surface area contributed by atoms with E-state index < -0.39 is 0 Å². The van der Waals surface area contributed by atoms with Crippen molar-refractivity contribution in [2.45, 2.75) is 25.9 Å². The van der Waals surface area contributed by atoms with Crippen LogP contribution in [0.15, 0.2) is 18.2 Å². The summed E-state index contributed by atoms with van der Waals surface area (Å²) in [5.74, 6) is 6.74. The molecular formula is C16H23NO3. The van der Waals surface area contributed by atoms with Crippen LogP contribution in [0.5, 0.6) is 5.75 Å². The Labute approximate surface area is 121 Å². The molecule has 1 rings (SSSR count). The van der Waals surface area contributed by atoms with Crippen molar-refractivity contribution in [2.75, 3.05) is 27.4 Å². The maximum atomic E-state index is 9.19. The number of benzene rings is 1. The van der Waals surface area contributed by atoms with Gasteiger partial charge in [0, 0.05) is 30.1 Å². The Morgan fingerprint density at radius 1 is 1.35 bits per heavy atom. The number of aliphatic hydroxyl groups is 2. The van der Waals surface area contributed by atoms with E-state index in [-0.39, 0.29) is 19.3 Å². The maximum absolute atomic E-state index is 9.19. The number of aliphatic hydroxyl groups excluding tert-OH is 2. The first-order chi connectivity index (χ1) is 9.62. The smallest absolute Gasteiger partial charge is 0.123 e. The van der Waals surface area contributed by atoms with Gasteiger partial charge in [0.25, 0.3) is 0 Å². The third-order valence-corrected chi connectivity index (χ3v) is 3.19. The van der Waals surface area contributed by atoms with Crippen molar-refractivity contribution < 1.29 is 14.9 Å². The number of hydrogen-bond donors (Lipinski definition) is 2. The lowest BCUT2D eigenvalue weighted by molar-refractivity contribution is 0.153. The molecule has 2 N–H and O–H groups in total. The summed E-state index contributed by atoms with van der Waals surface area (Å²) in [6, 6.07) is 5.88. The molecule has 0 saturated carbocycles. The average molecular weight is 277 g/mol. The molecule has 20 heavy (non-hydrogen) atoms. The Balaban J connectivity index is 2.92. The van der Waals surface area contributed by atoms with Gasteiger partial charge in [-0.15, -0.1) is 0 Å². The van der Waals surface area contributed by atoms with Crippen molar-refractivity contribution in [3.63, 3.8) is 0 Å². The molecule has 0 spiro atoms. The van der Waals surface area contributed by atoms with Crippen LogP contribution in [0.4, 0.5) is 0 Å². The second-order valence-electron chi connectivity index (χ2n) is 4.75. The summed E-state index contributed by atoms with van der Waals surface area (Å²) < 4.78 is 5.36. The molecule has 0 aliphatic carbocycles. The van der Waals surface area contributed by atoms with E-state index in [9.17, 15) is 5.11 Å². The lowest BCUT2D eigenvalue weighted by atomic mass is 10.1. The minimum absolute atomic E-state index is 0.0762. The summed E-state index contributed by atoms with van der Waals surface area (Å²) in [5.41, 5.74) is 1.94. The Kier molecular flexibility index (Phi) is 7.10. The summed E-state index contributed by atoms with van der Waals surface area (Å²) >= 11 is 0. The molecule has 1 unspecified atom stereocenters. The first-order valence-corrected chi connectivity index (χ1v) is 6.70. The van der Waals surface area contributed by atoms with E-state index in [1.165, 1.54) is 0 Å². The second kappa shape index (κ2) is 8.60. The molecule has 0 heterocycles. The van der Waals surface area contributed by atoms with Crippen molar-refractivity contribution >= 4 is 0 Å². The lowest BCUT2D eigenvalue weighted by Crippen LogP contribution is -2.31. The molecule has 110 valence electrons. The van der Waals surface area contributed by atoms with Gasteiger partial charge >= 0.3 is 0 Å². The van der Waals surface area contributed by atoms with Gasteiger partial charge < -0.3 is 14.9 Å². The first kappa shape index (κ1) is 16.5. The number of methoxy groups -OCH3 is 1. The molecule has 0 aliphatic heterocycles. The van der Waals surface area contributed by atoms with Gasteiger partial charge in [0.15, 0.2) is 0 Å². The molecule has 4 nitrogen and oxygen atoms in total. The summed E-state index contributed by atoms with van der Waals surface area (Å²) in [4.78, 5) is 2.06. The van der Waals surface area contributed by atoms with Gasteiger partial charge in [-0.05, 0) is 32.2 Å². The molecule has 4 heteroatoms. The molecule has 0 radical (unpaired) electrons. The molecule has 0 fully saturated rings. The van der Waals surface area contributed by atoms with Gasteiger partial charge in [-0.25, -0.2) is 0 Å². The number of ether oxygens (including phenoxy) is 1. The Morgan fingerprint density at radius 2 is 2.10 bits per heavy atom. The summed E-state index contributed by atoms with van der Waals surface area (Å²) in [7, 11) is 3.61. The molecule has 0 aliphatic rings.